The van der Waals surface area contributed by atoms with E-state index in [1.807, 2.05) is 30.3 Å². The highest BCUT2D eigenvalue weighted by Gasteiger charge is 2.28. The molecule has 1 aliphatic carbocycles. The van der Waals surface area contributed by atoms with Crippen molar-refractivity contribution in [2.24, 2.45) is 0 Å². The molecule has 0 radical (unpaired) electrons. The second-order valence-electron chi connectivity index (χ2n) is 7.59. The molecule has 0 atom stereocenters. The predicted molar refractivity (Wildman–Crippen MR) is 106 cm³/mol. The lowest BCUT2D eigenvalue weighted by Gasteiger charge is -2.36. The van der Waals surface area contributed by atoms with Crippen molar-refractivity contribution in [3.63, 3.8) is 0 Å². The second-order valence-corrected chi connectivity index (χ2v) is 7.59. The van der Waals surface area contributed by atoms with Crippen LogP contribution in [0.15, 0.2) is 51.8 Å². The zero-order valence-corrected chi connectivity index (χ0v) is 15.7. The summed E-state index contributed by atoms with van der Waals surface area (Å²) < 4.78 is 5.46. The zero-order valence-electron chi connectivity index (χ0n) is 15.7. The van der Waals surface area contributed by atoms with Crippen LogP contribution in [0.3, 0.4) is 0 Å². The van der Waals surface area contributed by atoms with Crippen molar-refractivity contribution in [3.05, 3.63) is 64.3 Å². The summed E-state index contributed by atoms with van der Waals surface area (Å²) in [5.41, 5.74) is 3.56. The van der Waals surface area contributed by atoms with E-state index in [0.717, 1.165) is 61.1 Å². The van der Waals surface area contributed by atoms with Gasteiger partial charge in [-0.2, -0.15) is 5.10 Å². The summed E-state index contributed by atoms with van der Waals surface area (Å²) in [7, 11) is 0. The van der Waals surface area contributed by atoms with Crippen LogP contribution in [0, 0.1) is 0 Å². The average molecular weight is 377 g/mol. The standard InChI is InChI=1S/C21H23N5O2/c27-20-13-18(21(23-22-20)16-4-2-1-3-5-16)26-10-8-25(9-11-26)14-17-12-19(28-24-17)15-6-7-15/h1-5,12-13,15H,6-11,14H2,(H,22,27). The van der Waals surface area contributed by atoms with Gasteiger partial charge in [0.2, 0.25) is 0 Å². The van der Waals surface area contributed by atoms with Crippen LogP contribution in [0.25, 0.3) is 11.3 Å². The van der Waals surface area contributed by atoms with Crippen LogP contribution >= 0.6 is 0 Å². The first-order valence-electron chi connectivity index (χ1n) is 9.84. The van der Waals surface area contributed by atoms with Crippen molar-refractivity contribution < 1.29 is 4.52 Å². The van der Waals surface area contributed by atoms with Gasteiger partial charge in [-0.25, -0.2) is 5.10 Å². The summed E-state index contributed by atoms with van der Waals surface area (Å²) in [6, 6.07) is 13.7. The number of piperazine rings is 1. The summed E-state index contributed by atoms with van der Waals surface area (Å²) in [5, 5.41) is 11.1. The number of aromatic nitrogens is 3. The third kappa shape index (κ3) is 3.57. The molecule has 1 saturated carbocycles. The van der Waals surface area contributed by atoms with Crippen LogP contribution in [-0.4, -0.2) is 46.4 Å². The van der Waals surface area contributed by atoms with Gasteiger partial charge in [0.15, 0.2) is 0 Å². The van der Waals surface area contributed by atoms with Crippen LogP contribution in [-0.2, 0) is 6.54 Å². The van der Waals surface area contributed by atoms with E-state index in [1.54, 1.807) is 6.07 Å². The first kappa shape index (κ1) is 17.2. The molecule has 1 N–H and O–H groups in total. The molecule has 0 spiro atoms. The highest BCUT2D eigenvalue weighted by atomic mass is 16.5. The van der Waals surface area contributed by atoms with Gasteiger partial charge in [0.1, 0.15) is 11.5 Å². The molecule has 1 saturated heterocycles. The van der Waals surface area contributed by atoms with Crippen LogP contribution in [0.1, 0.15) is 30.2 Å². The molecular formula is C21H23N5O2. The maximum absolute atomic E-state index is 11.9. The third-order valence-electron chi connectivity index (χ3n) is 5.49. The molecule has 7 nitrogen and oxygen atoms in total. The van der Waals surface area contributed by atoms with Gasteiger partial charge in [0, 0.05) is 56.3 Å². The van der Waals surface area contributed by atoms with Gasteiger partial charge < -0.3 is 9.42 Å². The number of hydrogen-bond donors (Lipinski definition) is 1. The predicted octanol–water partition coefficient (Wildman–Crippen LogP) is 2.62. The molecule has 0 amide bonds. The van der Waals surface area contributed by atoms with E-state index in [1.165, 1.54) is 12.8 Å². The molecule has 1 aromatic carbocycles. The Hall–Kier alpha value is -2.93. The third-order valence-corrected chi connectivity index (χ3v) is 5.49. The molecule has 0 bridgehead atoms. The largest absolute Gasteiger partial charge is 0.367 e. The van der Waals surface area contributed by atoms with Crippen molar-refractivity contribution in [2.75, 3.05) is 31.1 Å². The van der Waals surface area contributed by atoms with Crippen molar-refractivity contribution in [3.8, 4) is 11.3 Å². The van der Waals surface area contributed by atoms with Crippen molar-refractivity contribution in [2.45, 2.75) is 25.3 Å². The number of aromatic amines is 1. The molecule has 3 aromatic rings. The fourth-order valence-corrected chi connectivity index (χ4v) is 3.78. The molecule has 1 aliphatic heterocycles. The minimum atomic E-state index is -0.174. The van der Waals surface area contributed by atoms with E-state index in [9.17, 15) is 4.79 Å². The van der Waals surface area contributed by atoms with Crippen LogP contribution in [0.4, 0.5) is 5.69 Å². The Morgan fingerprint density at radius 3 is 2.61 bits per heavy atom. The van der Waals surface area contributed by atoms with E-state index in [0.29, 0.717) is 5.92 Å². The number of hydrogen-bond acceptors (Lipinski definition) is 6. The first-order valence-corrected chi connectivity index (χ1v) is 9.84. The maximum atomic E-state index is 11.9. The highest BCUT2D eigenvalue weighted by molar-refractivity contribution is 5.74. The van der Waals surface area contributed by atoms with E-state index >= 15 is 0 Å². The number of nitrogens with zero attached hydrogens (tertiary/aromatic N) is 4. The quantitative estimate of drug-likeness (QED) is 0.736. The molecule has 144 valence electrons. The van der Waals surface area contributed by atoms with Crippen LogP contribution in [0.2, 0.25) is 0 Å². The summed E-state index contributed by atoms with van der Waals surface area (Å²) in [5.74, 6) is 1.63. The van der Waals surface area contributed by atoms with Crippen molar-refractivity contribution in [1.82, 2.24) is 20.3 Å². The Bertz CT molecular complexity index is 1000. The normalized spacial score (nSPS) is 17.8. The van der Waals surface area contributed by atoms with Gasteiger partial charge in [-0.3, -0.25) is 9.69 Å². The fourth-order valence-electron chi connectivity index (χ4n) is 3.78. The minimum Gasteiger partial charge on any atom is -0.367 e. The van der Waals surface area contributed by atoms with E-state index < -0.39 is 0 Å². The molecule has 3 heterocycles. The van der Waals surface area contributed by atoms with E-state index in [-0.39, 0.29) is 5.56 Å². The smallest absolute Gasteiger partial charge is 0.266 e. The van der Waals surface area contributed by atoms with Gasteiger partial charge in [-0.1, -0.05) is 35.5 Å². The summed E-state index contributed by atoms with van der Waals surface area (Å²) in [6.45, 7) is 4.32. The molecule has 28 heavy (non-hydrogen) atoms. The molecule has 2 aromatic heterocycles. The molecular weight excluding hydrogens is 354 g/mol. The lowest BCUT2D eigenvalue weighted by molar-refractivity contribution is 0.241. The van der Waals surface area contributed by atoms with Gasteiger partial charge in [0.25, 0.3) is 5.56 Å². The van der Waals surface area contributed by atoms with Crippen LogP contribution < -0.4 is 10.5 Å². The van der Waals surface area contributed by atoms with Gasteiger partial charge in [-0.15, -0.1) is 0 Å². The fraction of sp³-hybridized carbons (Fsp3) is 0.381. The molecule has 2 fully saturated rings. The maximum Gasteiger partial charge on any atom is 0.266 e. The molecule has 5 rings (SSSR count). The second kappa shape index (κ2) is 7.24. The van der Waals surface area contributed by atoms with Crippen LogP contribution in [0.5, 0.6) is 0 Å². The Morgan fingerprint density at radius 2 is 1.86 bits per heavy atom. The highest BCUT2D eigenvalue weighted by Crippen LogP contribution is 2.40. The Labute approximate surface area is 163 Å². The van der Waals surface area contributed by atoms with E-state index in [4.69, 9.17) is 4.52 Å². The van der Waals surface area contributed by atoms with Gasteiger partial charge >= 0.3 is 0 Å². The SMILES string of the molecule is O=c1cc(N2CCN(Cc3cc(C4CC4)on3)CC2)c(-c2ccccc2)n[nH]1. The number of H-pyrrole nitrogens is 1. The molecule has 2 aliphatic rings. The van der Waals surface area contributed by atoms with E-state index in [2.05, 4.69) is 31.2 Å². The monoisotopic (exact) mass is 377 g/mol. The Balaban J connectivity index is 1.28. The number of benzene rings is 1. The van der Waals surface area contributed by atoms with Crippen molar-refractivity contribution >= 4 is 5.69 Å². The van der Waals surface area contributed by atoms with Crippen molar-refractivity contribution in [1.29, 1.82) is 0 Å². The molecule has 7 heteroatoms. The van der Waals surface area contributed by atoms with Gasteiger partial charge in [-0.05, 0) is 12.8 Å². The lowest BCUT2D eigenvalue weighted by Crippen LogP contribution is -2.46. The minimum absolute atomic E-state index is 0.174. The Kier molecular flexibility index (Phi) is 4.44. The lowest BCUT2D eigenvalue weighted by atomic mass is 10.1. The summed E-state index contributed by atoms with van der Waals surface area (Å²) >= 11 is 0. The number of anilines is 1. The number of nitrogens with one attached hydrogen (secondary N) is 1. The zero-order chi connectivity index (χ0) is 18.9. The molecule has 0 unspecified atom stereocenters. The first-order chi connectivity index (χ1) is 13.8. The van der Waals surface area contributed by atoms with Gasteiger partial charge in [0.05, 0.1) is 11.4 Å². The summed E-state index contributed by atoms with van der Waals surface area (Å²) in [4.78, 5) is 16.5. The Morgan fingerprint density at radius 1 is 1.07 bits per heavy atom. The average Bonchev–Trinajstić information content (AvgIpc) is 3.48. The topological polar surface area (TPSA) is 78.3 Å². The summed E-state index contributed by atoms with van der Waals surface area (Å²) in [6.07, 6.45) is 2.45. The number of rotatable bonds is 5.